The third-order valence-electron chi connectivity index (χ3n) is 2.74. The van der Waals surface area contributed by atoms with Crippen LogP contribution in [0.15, 0.2) is 0 Å². The fourth-order valence-corrected chi connectivity index (χ4v) is 2.38. The molecular formula is C12H19N5O2S. The maximum atomic E-state index is 11.9. The Morgan fingerprint density at radius 1 is 1.45 bits per heavy atom. The van der Waals surface area contributed by atoms with Crippen molar-refractivity contribution in [1.29, 1.82) is 0 Å². The highest BCUT2D eigenvalue weighted by atomic mass is 32.1. The van der Waals surface area contributed by atoms with Gasteiger partial charge in [-0.05, 0) is 19.3 Å². The van der Waals surface area contributed by atoms with Gasteiger partial charge in [0.1, 0.15) is 10.7 Å². The quantitative estimate of drug-likeness (QED) is 0.588. The number of hydrogen-bond donors (Lipinski definition) is 4. The number of nitrogens with one attached hydrogen (secondary N) is 3. The fourth-order valence-electron chi connectivity index (χ4n) is 1.55. The van der Waals surface area contributed by atoms with E-state index in [1.165, 1.54) is 11.3 Å². The largest absolute Gasteiger partial charge is 0.382 e. The number of rotatable bonds is 7. The Morgan fingerprint density at radius 2 is 2.20 bits per heavy atom. The topological polar surface area (TPSA) is 109 Å². The average molecular weight is 297 g/mol. The molecule has 1 fully saturated rings. The van der Waals surface area contributed by atoms with E-state index in [0.29, 0.717) is 10.0 Å². The Labute approximate surface area is 121 Å². The molecule has 0 spiro atoms. The lowest BCUT2D eigenvalue weighted by atomic mass is 10.4. The fraction of sp³-hybridized carbons (Fsp3) is 0.583. The second-order valence-corrected chi connectivity index (χ2v) is 5.68. The van der Waals surface area contributed by atoms with Gasteiger partial charge in [-0.2, -0.15) is 0 Å². The maximum absolute atomic E-state index is 11.9. The zero-order chi connectivity index (χ0) is 14.5. The van der Waals surface area contributed by atoms with Gasteiger partial charge in [-0.3, -0.25) is 9.59 Å². The standard InChI is InChI=1S/C12H19N5O2S/c1-2-5-14-12-17-10(13)9(20-12)11(19)15-6-8(18)16-7-3-4-7/h7H,2-6,13H2,1H3,(H,14,17)(H,15,19)(H,16,18). The van der Waals surface area contributed by atoms with Crippen molar-refractivity contribution < 1.29 is 9.59 Å². The first-order chi connectivity index (χ1) is 9.60. The second-order valence-electron chi connectivity index (χ2n) is 4.68. The minimum Gasteiger partial charge on any atom is -0.382 e. The van der Waals surface area contributed by atoms with Crippen molar-refractivity contribution >= 4 is 34.1 Å². The molecule has 0 aromatic carbocycles. The highest BCUT2D eigenvalue weighted by Crippen LogP contribution is 2.24. The van der Waals surface area contributed by atoms with Gasteiger partial charge in [0, 0.05) is 12.6 Å². The van der Waals surface area contributed by atoms with Gasteiger partial charge in [-0.1, -0.05) is 18.3 Å². The number of nitrogens with two attached hydrogens (primary N) is 1. The number of thiazole rings is 1. The van der Waals surface area contributed by atoms with Crippen LogP contribution in [0.4, 0.5) is 10.9 Å². The van der Waals surface area contributed by atoms with Crippen LogP contribution in [0.3, 0.4) is 0 Å². The molecule has 5 N–H and O–H groups in total. The Balaban J connectivity index is 1.84. The second kappa shape index (κ2) is 6.56. The molecule has 1 aromatic rings. The summed E-state index contributed by atoms with van der Waals surface area (Å²) in [5.41, 5.74) is 5.71. The maximum Gasteiger partial charge on any atom is 0.265 e. The lowest BCUT2D eigenvalue weighted by Crippen LogP contribution is -2.37. The molecule has 20 heavy (non-hydrogen) atoms. The first kappa shape index (κ1) is 14.6. The van der Waals surface area contributed by atoms with E-state index < -0.39 is 0 Å². The molecule has 2 amide bonds. The van der Waals surface area contributed by atoms with E-state index >= 15 is 0 Å². The van der Waals surface area contributed by atoms with Crippen molar-refractivity contribution in [2.24, 2.45) is 0 Å². The zero-order valence-corrected chi connectivity index (χ0v) is 12.2. The number of hydrogen-bond acceptors (Lipinski definition) is 6. The number of carbonyl (C=O) groups is 2. The van der Waals surface area contributed by atoms with Gasteiger partial charge in [0.15, 0.2) is 5.13 Å². The van der Waals surface area contributed by atoms with Crippen LogP contribution in [0, 0.1) is 0 Å². The molecule has 7 nitrogen and oxygen atoms in total. The van der Waals surface area contributed by atoms with Crippen LogP contribution in [0.5, 0.6) is 0 Å². The zero-order valence-electron chi connectivity index (χ0n) is 11.4. The lowest BCUT2D eigenvalue weighted by molar-refractivity contribution is -0.120. The lowest BCUT2D eigenvalue weighted by Gasteiger charge is -2.04. The van der Waals surface area contributed by atoms with Gasteiger partial charge in [0.2, 0.25) is 5.91 Å². The normalized spacial score (nSPS) is 13.8. The monoisotopic (exact) mass is 297 g/mol. The van der Waals surface area contributed by atoms with E-state index in [2.05, 4.69) is 20.9 Å². The van der Waals surface area contributed by atoms with E-state index in [1.807, 2.05) is 6.92 Å². The SMILES string of the molecule is CCCNc1nc(N)c(C(=O)NCC(=O)NC2CC2)s1. The van der Waals surface area contributed by atoms with Crippen LogP contribution >= 0.6 is 11.3 Å². The molecular weight excluding hydrogens is 278 g/mol. The van der Waals surface area contributed by atoms with Crippen molar-refractivity contribution in [1.82, 2.24) is 15.6 Å². The van der Waals surface area contributed by atoms with Crippen LogP contribution in [0.25, 0.3) is 0 Å². The van der Waals surface area contributed by atoms with Crippen molar-refractivity contribution in [2.75, 3.05) is 24.1 Å². The number of anilines is 2. The number of nitrogens with zero attached hydrogens (tertiary/aromatic N) is 1. The van der Waals surface area contributed by atoms with Crippen LogP contribution in [-0.2, 0) is 4.79 Å². The number of aromatic nitrogens is 1. The van der Waals surface area contributed by atoms with Crippen molar-refractivity contribution in [3.05, 3.63) is 4.88 Å². The van der Waals surface area contributed by atoms with Crippen LogP contribution in [-0.4, -0.2) is 35.9 Å². The molecule has 1 heterocycles. The van der Waals surface area contributed by atoms with Crippen molar-refractivity contribution in [3.63, 3.8) is 0 Å². The molecule has 1 aliphatic carbocycles. The van der Waals surface area contributed by atoms with Crippen LogP contribution < -0.4 is 21.7 Å². The van der Waals surface area contributed by atoms with E-state index in [9.17, 15) is 9.59 Å². The highest BCUT2D eigenvalue weighted by Gasteiger charge is 2.23. The minimum absolute atomic E-state index is 0.0373. The van der Waals surface area contributed by atoms with Gasteiger partial charge in [-0.25, -0.2) is 4.98 Å². The molecule has 8 heteroatoms. The molecule has 0 atom stereocenters. The van der Waals surface area contributed by atoms with Gasteiger partial charge < -0.3 is 21.7 Å². The average Bonchev–Trinajstić information content (AvgIpc) is 3.15. The summed E-state index contributed by atoms with van der Waals surface area (Å²) in [7, 11) is 0. The third-order valence-corrected chi connectivity index (χ3v) is 3.77. The molecule has 1 aliphatic rings. The minimum atomic E-state index is -0.365. The van der Waals surface area contributed by atoms with Crippen molar-refractivity contribution in [2.45, 2.75) is 32.2 Å². The summed E-state index contributed by atoms with van der Waals surface area (Å²) >= 11 is 1.19. The Kier molecular flexibility index (Phi) is 4.78. The summed E-state index contributed by atoms with van der Waals surface area (Å²) < 4.78 is 0. The smallest absolute Gasteiger partial charge is 0.265 e. The molecule has 0 radical (unpaired) electrons. The van der Waals surface area contributed by atoms with Crippen molar-refractivity contribution in [3.8, 4) is 0 Å². The highest BCUT2D eigenvalue weighted by molar-refractivity contribution is 7.18. The Morgan fingerprint density at radius 3 is 2.85 bits per heavy atom. The predicted molar refractivity (Wildman–Crippen MR) is 78.8 cm³/mol. The molecule has 0 aliphatic heterocycles. The Bertz CT molecular complexity index is 498. The van der Waals surface area contributed by atoms with E-state index in [1.54, 1.807) is 0 Å². The van der Waals surface area contributed by atoms with Gasteiger partial charge in [0.05, 0.1) is 6.54 Å². The summed E-state index contributed by atoms with van der Waals surface area (Å²) in [5, 5.41) is 9.05. The molecule has 2 rings (SSSR count). The summed E-state index contributed by atoms with van der Waals surface area (Å²) in [6.07, 6.45) is 3.00. The number of carbonyl (C=O) groups excluding carboxylic acids is 2. The van der Waals surface area contributed by atoms with Crippen LogP contribution in [0.1, 0.15) is 35.9 Å². The molecule has 1 saturated carbocycles. The third kappa shape index (κ3) is 4.09. The number of amides is 2. The summed E-state index contributed by atoms with van der Waals surface area (Å²) in [5.74, 6) is -0.350. The number of nitrogen functional groups attached to an aromatic ring is 1. The first-order valence-electron chi connectivity index (χ1n) is 6.68. The summed E-state index contributed by atoms with van der Waals surface area (Å²) in [4.78, 5) is 27.8. The summed E-state index contributed by atoms with van der Waals surface area (Å²) in [6.45, 7) is 2.78. The first-order valence-corrected chi connectivity index (χ1v) is 7.49. The summed E-state index contributed by atoms with van der Waals surface area (Å²) in [6, 6.07) is 0.290. The van der Waals surface area contributed by atoms with E-state index in [0.717, 1.165) is 25.8 Å². The van der Waals surface area contributed by atoms with E-state index in [-0.39, 0.29) is 30.2 Å². The van der Waals surface area contributed by atoms with E-state index in [4.69, 9.17) is 5.73 Å². The Hall–Kier alpha value is -1.83. The molecule has 1 aromatic heterocycles. The van der Waals surface area contributed by atoms with Gasteiger partial charge in [0.25, 0.3) is 5.91 Å². The predicted octanol–water partition coefficient (Wildman–Crippen LogP) is 0.556. The van der Waals surface area contributed by atoms with Gasteiger partial charge >= 0.3 is 0 Å². The molecule has 0 bridgehead atoms. The van der Waals surface area contributed by atoms with Gasteiger partial charge in [-0.15, -0.1) is 0 Å². The molecule has 0 saturated heterocycles. The van der Waals surface area contributed by atoms with Crippen LogP contribution in [0.2, 0.25) is 0 Å². The molecule has 110 valence electrons. The molecule has 0 unspecified atom stereocenters.